The lowest BCUT2D eigenvalue weighted by Gasteiger charge is -2.08. The second kappa shape index (κ2) is 10.9. The third-order valence-electron chi connectivity index (χ3n) is 9.85. The highest BCUT2D eigenvalue weighted by Gasteiger charge is 2.19. The number of para-hydroxylation sites is 3. The summed E-state index contributed by atoms with van der Waals surface area (Å²) in [7, 11) is 0. The van der Waals surface area contributed by atoms with E-state index in [1.807, 2.05) is 60.7 Å². The minimum absolute atomic E-state index is 0.648. The molecule has 0 aliphatic rings. The number of furan rings is 1. The summed E-state index contributed by atoms with van der Waals surface area (Å²) in [5.41, 5.74) is 7.98. The minimum atomic E-state index is 0.648. The number of benzene rings is 7. The van der Waals surface area contributed by atoms with E-state index >= 15 is 0 Å². The molecule has 0 saturated carbocycles. The SMILES string of the molecule is c1ccc(-c2nc(-c3ccccc3)nc(-c3ccc4sc5cc6oc7c(-n8c9ccccc9c9ccccc98)cccc7c6cc5c4c3)n2)cc1. The molecule has 11 aromatic rings. The van der Waals surface area contributed by atoms with Crippen LogP contribution in [0.15, 0.2) is 162 Å². The molecule has 0 atom stereocenters. The number of nitrogens with zero attached hydrogens (tertiary/aromatic N) is 4. The average Bonchev–Trinajstić information content (AvgIpc) is 3.86. The third kappa shape index (κ3) is 4.37. The van der Waals surface area contributed by atoms with Gasteiger partial charge in [-0.25, -0.2) is 15.0 Å². The summed E-state index contributed by atoms with van der Waals surface area (Å²) < 4.78 is 11.5. The van der Waals surface area contributed by atoms with E-state index in [1.165, 1.54) is 30.9 Å². The van der Waals surface area contributed by atoms with Gasteiger partial charge in [-0.1, -0.05) is 109 Å². The van der Waals surface area contributed by atoms with Crippen LogP contribution in [0.25, 0.3) is 104 Å². The predicted octanol–water partition coefficient (Wildman–Crippen LogP) is 12.2. The zero-order chi connectivity index (χ0) is 33.5. The molecule has 4 heterocycles. The number of rotatable bonds is 4. The summed E-state index contributed by atoms with van der Waals surface area (Å²) in [6.45, 7) is 0. The summed E-state index contributed by atoms with van der Waals surface area (Å²) in [5.74, 6) is 1.95. The average molecular weight is 671 g/mol. The van der Waals surface area contributed by atoms with Crippen LogP contribution in [-0.2, 0) is 0 Å². The van der Waals surface area contributed by atoms with Gasteiger partial charge in [-0.3, -0.25) is 0 Å². The van der Waals surface area contributed by atoms with Crippen LogP contribution >= 0.6 is 11.3 Å². The van der Waals surface area contributed by atoms with Gasteiger partial charge in [0, 0.05) is 58.4 Å². The standard InChI is InChI=1S/C45H26N4OS/c1-3-12-27(13-4-1)43-46-44(28-14-5-2-6-15-28)48-45(47-43)29-22-23-40-34(24-29)35-25-33-32-18-11-21-38(42(32)50-39(33)26-41(35)51-40)49-36-19-9-7-16-30(36)31-17-8-10-20-37(31)49/h1-26H. The molecular weight excluding hydrogens is 645 g/mol. The van der Waals surface area contributed by atoms with Crippen LogP contribution in [0.3, 0.4) is 0 Å². The Balaban J connectivity index is 1.11. The van der Waals surface area contributed by atoms with Crippen molar-refractivity contribution in [2.45, 2.75) is 0 Å². The van der Waals surface area contributed by atoms with Gasteiger partial charge in [0.2, 0.25) is 0 Å². The molecule has 0 aliphatic carbocycles. The van der Waals surface area contributed by atoms with Crippen molar-refractivity contribution >= 4 is 75.3 Å². The first-order valence-corrected chi connectivity index (χ1v) is 17.8. The van der Waals surface area contributed by atoms with Crippen LogP contribution in [0.4, 0.5) is 0 Å². The first kappa shape index (κ1) is 28.2. The molecule has 0 amide bonds. The monoisotopic (exact) mass is 670 g/mol. The zero-order valence-electron chi connectivity index (χ0n) is 27.1. The highest BCUT2D eigenvalue weighted by molar-refractivity contribution is 7.25. The van der Waals surface area contributed by atoms with Crippen molar-refractivity contribution in [2.24, 2.45) is 0 Å². The molecule has 11 rings (SSSR count). The Labute approximate surface area is 295 Å². The number of thiophene rings is 1. The summed E-state index contributed by atoms with van der Waals surface area (Å²) in [6, 6.07) is 54.9. The molecule has 0 spiro atoms. The van der Waals surface area contributed by atoms with E-state index in [9.17, 15) is 0 Å². The molecule has 0 unspecified atom stereocenters. The van der Waals surface area contributed by atoms with Crippen molar-refractivity contribution < 1.29 is 4.42 Å². The normalized spacial score (nSPS) is 11.9. The van der Waals surface area contributed by atoms with E-state index in [4.69, 9.17) is 19.4 Å². The van der Waals surface area contributed by atoms with Crippen molar-refractivity contribution in [3.63, 3.8) is 0 Å². The molecule has 4 aromatic heterocycles. The van der Waals surface area contributed by atoms with Crippen molar-refractivity contribution in [2.75, 3.05) is 0 Å². The van der Waals surface area contributed by atoms with E-state index in [1.54, 1.807) is 11.3 Å². The Morgan fingerprint density at radius 2 is 0.980 bits per heavy atom. The van der Waals surface area contributed by atoms with E-state index in [2.05, 4.69) is 102 Å². The highest BCUT2D eigenvalue weighted by Crippen LogP contribution is 2.43. The molecule has 0 N–H and O–H groups in total. The molecular formula is C45H26N4OS. The molecule has 51 heavy (non-hydrogen) atoms. The van der Waals surface area contributed by atoms with Gasteiger partial charge in [0.1, 0.15) is 5.58 Å². The fourth-order valence-corrected chi connectivity index (χ4v) is 8.58. The second-order valence-corrected chi connectivity index (χ2v) is 13.9. The molecule has 0 fully saturated rings. The molecule has 6 heteroatoms. The van der Waals surface area contributed by atoms with E-state index in [-0.39, 0.29) is 0 Å². The molecule has 0 saturated heterocycles. The largest absolute Gasteiger partial charge is 0.454 e. The molecule has 0 bridgehead atoms. The number of fused-ring (bicyclic) bond motifs is 9. The van der Waals surface area contributed by atoms with Crippen LogP contribution < -0.4 is 0 Å². The van der Waals surface area contributed by atoms with Gasteiger partial charge in [-0.15, -0.1) is 11.3 Å². The van der Waals surface area contributed by atoms with E-state index in [0.29, 0.717) is 17.5 Å². The summed E-state index contributed by atoms with van der Waals surface area (Å²) in [5, 5.41) is 7.02. The van der Waals surface area contributed by atoms with Gasteiger partial charge in [-0.05, 0) is 48.5 Å². The van der Waals surface area contributed by atoms with Gasteiger partial charge in [0.05, 0.1) is 16.7 Å². The number of hydrogen-bond donors (Lipinski definition) is 0. The molecule has 0 aliphatic heterocycles. The summed E-state index contributed by atoms with van der Waals surface area (Å²) in [4.78, 5) is 14.9. The summed E-state index contributed by atoms with van der Waals surface area (Å²) in [6.07, 6.45) is 0. The molecule has 7 aromatic carbocycles. The number of aromatic nitrogens is 4. The van der Waals surface area contributed by atoms with Gasteiger partial charge in [-0.2, -0.15) is 0 Å². The Hall–Kier alpha value is -6.63. The second-order valence-electron chi connectivity index (χ2n) is 12.8. The van der Waals surface area contributed by atoms with Gasteiger partial charge < -0.3 is 8.98 Å². The lowest BCUT2D eigenvalue weighted by molar-refractivity contribution is 0.667. The molecule has 5 nitrogen and oxygen atoms in total. The van der Waals surface area contributed by atoms with Crippen LogP contribution in [-0.4, -0.2) is 19.5 Å². The minimum Gasteiger partial charge on any atom is -0.454 e. The van der Waals surface area contributed by atoms with Gasteiger partial charge in [0.25, 0.3) is 0 Å². The Kier molecular flexibility index (Phi) is 6.05. The number of hydrogen-bond acceptors (Lipinski definition) is 5. The Morgan fingerprint density at radius 3 is 1.65 bits per heavy atom. The third-order valence-corrected chi connectivity index (χ3v) is 11.0. The van der Waals surface area contributed by atoms with E-state index in [0.717, 1.165) is 55.3 Å². The van der Waals surface area contributed by atoms with Crippen molar-refractivity contribution in [1.82, 2.24) is 19.5 Å². The maximum Gasteiger partial charge on any atom is 0.164 e. The van der Waals surface area contributed by atoms with Gasteiger partial charge >= 0.3 is 0 Å². The first-order valence-electron chi connectivity index (χ1n) is 16.9. The van der Waals surface area contributed by atoms with Crippen molar-refractivity contribution in [3.05, 3.63) is 158 Å². The summed E-state index contributed by atoms with van der Waals surface area (Å²) >= 11 is 1.78. The zero-order valence-corrected chi connectivity index (χ0v) is 27.9. The Morgan fingerprint density at radius 1 is 0.412 bits per heavy atom. The van der Waals surface area contributed by atoms with Crippen LogP contribution in [0.5, 0.6) is 0 Å². The molecule has 0 radical (unpaired) electrons. The van der Waals surface area contributed by atoms with Crippen LogP contribution in [0, 0.1) is 0 Å². The van der Waals surface area contributed by atoms with Crippen LogP contribution in [0.2, 0.25) is 0 Å². The van der Waals surface area contributed by atoms with Crippen LogP contribution in [0.1, 0.15) is 0 Å². The fourth-order valence-electron chi connectivity index (χ4n) is 7.49. The lowest BCUT2D eigenvalue weighted by Crippen LogP contribution is -2.00. The Bertz CT molecular complexity index is 3030. The lowest BCUT2D eigenvalue weighted by atomic mass is 10.1. The quantitative estimate of drug-likeness (QED) is 0.187. The fraction of sp³-hybridized carbons (Fsp3) is 0. The van der Waals surface area contributed by atoms with E-state index < -0.39 is 0 Å². The molecule has 238 valence electrons. The van der Waals surface area contributed by atoms with Crippen molar-refractivity contribution in [1.29, 1.82) is 0 Å². The highest BCUT2D eigenvalue weighted by atomic mass is 32.1. The van der Waals surface area contributed by atoms with Gasteiger partial charge in [0.15, 0.2) is 23.1 Å². The predicted molar refractivity (Wildman–Crippen MR) is 211 cm³/mol. The topological polar surface area (TPSA) is 56.7 Å². The van der Waals surface area contributed by atoms with Crippen molar-refractivity contribution in [3.8, 4) is 39.9 Å². The smallest absolute Gasteiger partial charge is 0.164 e. The first-order chi connectivity index (χ1) is 25.3. The maximum atomic E-state index is 6.77. The maximum absolute atomic E-state index is 6.77.